The summed E-state index contributed by atoms with van der Waals surface area (Å²) in [5, 5.41) is 0.520. The summed E-state index contributed by atoms with van der Waals surface area (Å²) in [6.07, 6.45) is 2.31. The van der Waals surface area contributed by atoms with Gasteiger partial charge < -0.3 is 10.5 Å². The minimum atomic E-state index is -0.365. The molecule has 0 saturated heterocycles. The van der Waals surface area contributed by atoms with E-state index in [9.17, 15) is 4.79 Å². The average molecular weight is 226 g/mol. The summed E-state index contributed by atoms with van der Waals surface area (Å²) >= 11 is 5.73. The first-order valence-electron chi connectivity index (χ1n) is 4.89. The van der Waals surface area contributed by atoms with Crippen LogP contribution in [0.15, 0.2) is 18.2 Å². The zero-order valence-corrected chi connectivity index (χ0v) is 8.96. The smallest absolute Gasteiger partial charge is 0.340 e. The molecule has 80 valence electrons. The molecule has 1 aliphatic rings. The minimum absolute atomic E-state index is 0.364. The van der Waals surface area contributed by atoms with Crippen LogP contribution >= 0.6 is 11.6 Å². The van der Waals surface area contributed by atoms with Crippen molar-refractivity contribution >= 4 is 23.3 Å². The Bertz CT molecular complexity index is 388. The fourth-order valence-corrected chi connectivity index (χ4v) is 1.46. The number of esters is 1. The van der Waals surface area contributed by atoms with Crippen molar-refractivity contribution in [1.29, 1.82) is 0 Å². The molecule has 2 N–H and O–H groups in total. The fraction of sp³-hybridized carbons (Fsp3) is 0.364. The van der Waals surface area contributed by atoms with Crippen molar-refractivity contribution in [2.75, 3.05) is 12.3 Å². The highest BCUT2D eigenvalue weighted by Crippen LogP contribution is 2.29. The zero-order chi connectivity index (χ0) is 10.8. The van der Waals surface area contributed by atoms with Gasteiger partial charge in [0, 0.05) is 10.7 Å². The lowest BCUT2D eigenvalue weighted by atomic mass is 10.2. The third-order valence-electron chi connectivity index (χ3n) is 2.38. The predicted octanol–water partition coefficient (Wildman–Crippen LogP) is 2.49. The van der Waals surface area contributed by atoms with Crippen molar-refractivity contribution in [1.82, 2.24) is 0 Å². The van der Waals surface area contributed by atoms with E-state index in [0.717, 1.165) is 12.8 Å². The molecule has 0 radical (unpaired) electrons. The highest BCUT2D eigenvalue weighted by molar-refractivity contribution is 6.31. The van der Waals surface area contributed by atoms with Crippen LogP contribution < -0.4 is 5.73 Å². The van der Waals surface area contributed by atoms with Crippen molar-refractivity contribution in [2.45, 2.75) is 12.8 Å². The maximum absolute atomic E-state index is 11.6. The quantitative estimate of drug-likeness (QED) is 0.635. The third kappa shape index (κ3) is 2.63. The Labute approximate surface area is 93.2 Å². The number of hydrogen-bond donors (Lipinski definition) is 1. The first-order chi connectivity index (χ1) is 7.16. The largest absolute Gasteiger partial charge is 0.462 e. The Morgan fingerprint density at radius 3 is 2.87 bits per heavy atom. The lowest BCUT2D eigenvalue weighted by Crippen LogP contribution is -2.09. The Morgan fingerprint density at radius 1 is 1.53 bits per heavy atom. The van der Waals surface area contributed by atoms with E-state index in [-0.39, 0.29) is 5.97 Å². The second-order valence-electron chi connectivity index (χ2n) is 3.77. The maximum atomic E-state index is 11.6. The number of nitrogen functional groups attached to an aromatic ring is 1. The first kappa shape index (κ1) is 10.3. The van der Waals surface area contributed by atoms with E-state index in [1.54, 1.807) is 18.2 Å². The van der Waals surface area contributed by atoms with Crippen LogP contribution in [0.4, 0.5) is 5.69 Å². The number of benzene rings is 1. The molecule has 1 fully saturated rings. The van der Waals surface area contributed by atoms with Gasteiger partial charge in [0.1, 0.15) is 0 Å². The maximum Gasteiger partial charge on any atom is 0.340 e. The third-order valence-corrected chi connectivity index (χ3v) is 2.62. The molecular weight excluding hydrogens is 214 g/mol. The first-order valence-corrected chi connectivity index (χ1v) is 5.27. The Morgan fingerprint density at radius 2 is 2.27 bits per heavy atom. The van der Waals surface area contributed by atoms with Crippen LogP contribution in [-0.4, -0.2) is 12.6 Å². The van der Waals surface area contributed by atoms with Gasteiger partial charge in [0.2, 0.25) is 0 Å². The van der Waals surface area contributed by atoms with Crippen LogP contribution in [0.5, 0.6) is 0 Å². The second kappa shape index (κ2) is 4.11. The lowest BCUT2D eigenvalue weighted by Gasteiger charge is -2.06. The summed E-state index contributed by atoms with van der Waals surface area (Å²) in [4.78, 5) is 11.6. The van der Waals surface area contributed by atoms with E-state index in [2.05, 4.69) is 0 Å². The molecule has 0 heterocycles. The molecule has 4 heteroatoms. The Balaban J connectivity index is 2.03. The van der Waals surface area contributed by atoms with E-state index < -0.39 is 0 Å². The molecule has 0 amide bonds. The summed E-state index contributed by atoms with van der Waals surface area (Å²) in [5.74, 6) is 0.193. The monoisotopic (exact) mass is 225 g/mol. The van der Waals surface area contributed by atoms with E-state index in [0.29, 0.717) is 28.8 Å². The molecule has 3 nitrogen and oxygen atoms in total. The van der Waals surface area contributed by atoms with Crippen molar-refractivity contribution in [3.05, 3.63) is 28.8 Å². The lowest BCUT2D eigenvalue weighted by molar-refractivity contribution is 0.0487. The van der Waals surface area contributed by atoms with Crippen LogP contribution in [0.3, 0.4) is 0 Å². The molecule has 1 aliphatic carbocycles. The molecule has 15 heavy (non-hydrogen) atoms. The van der Waals surface area contributed by atoms with Crippen LogP contribution in [-0.2, 0) is 4.74 Å². The minimum Gasteiger partial charge on any atom is -0.462 e. The van der Waals surface area contributed by atoms with E-state index in [1.165, 1.54) is 0 Å². The van der Waals surface area contributed by atoms with Crippen LogP contribution in [0.2, 0.25) is 5.02 Å². The zero-order valence-electron chi connectivity index (χ0n) is 8.20. The number of ether oxygens (including phenoxy) is 1. The van der Waals surface area contributed by atoms with Crippen LogP contribution in [0.1, 0.15) is 23.2 Å². The van der Waals surface area contributed by atoms with E-state index >= 15 is 0 Å². The summed E-state index contributed by atoms with van der Waals surface area (Å²) in [6.45, 7) is 0.501. The summed E-state index contributed by atoms with van der Waals surface area (Å²) in [7, 11) is 0. The summed E-state index contributed by atoms with van der Waals surface area (Å²) in [6, 6.07) is 4.77. The standard InChI is InChI=1S/C11H12ClNO2/c12-8-3-4-9(10(13)5-8)11(14)15-6-7-1-2-7/h3-5,7H,1-2,6,13H2. The number of carbonyl (C=O) groups excluding carboxylic acids is 1. The van der Waals surface area contributed by atoms with Gasteiger partial charge in [-0.25, -0.2) is 4.79 Å². The van der Waals surface area contributed by atoms with Gasteiger partial charge in [-0.05, 0) is 37.0 Å². The number of nitrogens with two attached hydrogens (primary N) is 1. The summed E-state index contributed by atoms with van der Waals surface area (Å²) < 4.78 is 5.11. The van der Waals surface area contributed by atoms with E-state index in [4.69, 9.17) is 22.1 Å². The van der Waals surface area contributed by atoms with Gasteiger partial charge in [-0.15, -0.1) is 0 Å². The normalized spacial score (nSPS) is 15.0. The number of anilines is 1. The second-order valence-corrected chi connectivity index (χ2v) is 4.21. The Kier molecular flexibility index (Phi) is 2.82. The molecule has 0 aromatic heterocycles. The molecule has 2 rings (SSSR count). The highest BCUT2D eigenvalue weighted by Gasteiger charge is 2.23. The fourth-order valence-electron chi connectivity index (χ4n) is 1.28. The molecule has 0 spiro atoms. The molecule has 0 bridgehead atoms. The average Bonchev–Trinajstić information content (AvgIpc) is 2.97. The van der Waals surface area contributed by atoms with Gasteiger partial charge in [-0.1, -0.05) is 11.6 Å². The molecule has 1 saturated carbocycles. The van der Waals surface area contributed by atoms with Crippen molar-refractivity contribution < 1.29 is 9.53 Å². The van der Waals surface area contributed by atoms with Crippen LogP contribution in [0.25, 0.3) is 0 Å². The van der Waals surface area contributed by atoms with Crippen LogP contribution in [0, 0.1) is 5.92 Å². The van der Waals surface area contributed by atoms with Gasteiger partial charge in [-0.2, -0.15) is 0 Å². The van der Waals surface area contributed by atoms with Crippen molar-refractivity contribution in [2.24, 2.45) is 5.92 Å². The van der Waals surface area contributed by atoms with E-state index in [1.807, 2.05) is 0 Å². The topological polar surface area (TPSA) is 52.3 Å². The number of halogens is 1. The molecule has 0 atom stereocenters. The molecule has 1 aromatic rings. The van der Waals surface area contributed by atoms with Gasteiger partial charge in [-0.3, -0.25) is 0 Å². The highest BCUT2D eigenvalue weighted by atomic mass is 35.5. The molecule has 0 unspecified atom stereocenters. The van der Waals surface area contributed by atoms with Gasteiger partial charge >= 0.3 is 5.97 Å². The number of carbonyl (C=O) groups is 1. The van der Waals surface area contributed by atoms with Gasteiger partial charge in [0.05, 0.1) is 12.2 Å². The van der Waals surface area contributed by atoms with Crippen molar-refractivity contribution in [3.8, 4) is 0 Å². The Hall–Kier alpha value is -1.22. The molecule has 0 aliphatic heterocycles. The SMILES string of the molecule is Nc1cc(Cl)ccc1C(=O)OCC1CC1. The number of rotatable bonds is 3. The van der Waals surface area contributed by atoms with Gasteiger partial charge in [0.25, 0.3) is 0 Å². The number of hydrogen-bond acceptors (Lipinski definition) is 3. The molecule has 1 aromatic carbocycles. The predicted molar refractivity (Wildman–Crippen MR) is 58.9 cm³/mol. The van der Waals surface area contributed by atoms with Crippen molar-refractivity contribution in [3.63, 3.8) is 0 Å². The van der Waals surface area contributed by atoms with Gasteiger partial charge in [0.15, 0.2) is 0 Å². The molecular formula is C11H12ClNO2. The summed E-state index contributed by atoms with van der Waals surface area (Å²) in [5.41, 5.74) is 6.41.